The van der Waals surface area contributed by atoms with Crippen LogP contribution in [0.15, 0.2) is 36.9 Å². The lowest BCUT2D eigenvalue weighted by Crippen LogP contribution is -2.43. The molecule has 0 saturated heterocycles. The second kappa shape index (κ2) is 6.66. The van der Waals surface area contributed by atoms with Gasteiger partial charge in [0.2, 0.25) is 5.91 Å². The number of carbonyl (C=O) groups excluding carboxylic acids is 1. The molecule has 7 nitrogen and oxygen atoms in total. The SMILES string of the molecule is CC(c1ccc(-n2cncn2)cc1)N(C)C(=O)CC1(C(=O)O)CCC1. The van der Waals surface area contributed by atoms with Crippen molar-refractivity contribution in [1.29, 1.82) is 0 Å². The van der Waals surface area contributed by atoms with E-state index in [1.54, 1.807) is 23.0 Å². The van der Waals surface area contributed by atoms with Crippen LogP contribution in [0.3, 0.4) is 0 Å². The van der Waals surface area contributed by atoms with Crippen molar-refractivity contribution < 1.29 is 14.7 Å². The number of carboxylic acid groups (broad SMARTS) is 1. The third-order valence-corrected chi connectivity index (χ3v) is 5.29. The molecule has 1 heterocycles. The number of aliphatic carboxylic acids is 1. The number of nitrogens with zero attached hydrogens (tertiary/aromatic N) is 4. The van der Waals surface area contributed by atoms with Crippen molar-refractivity contribution in [1.82, 2.24) is 19.7 Å². The zero-order valence-electron chi connectivity index (χ0n) is 14.4. The molecule has 1 aromatic carbocycles. The van der Waals surface area contributed by atoms with Crippen LogP contribution in [-0.4, -0.2) is 43.7 Å². The average molecular weight is 342 g/mol. The molecule has 1 N–H and O–H groups in total. The van der Waals surface area contributed by atoms with Gasteiger partial charge in [-0.05, 0) is 37.5 Å². The van der Waals surface area contributed by atoms with E-state index in [2.05, 4.69) is 10.1 Å². The van der Waals surface area contributed by atoms with Crippen LogP contribution >= 0.6 is 0 Å². The molecule has 0 spiro atoms. The average Bonchev–Trinajstić information content (AvgIpc) is 3.11. The zero-order chi connectivity index (χ0) is 18.0. The van der Waals surface area contributed by atoms with Gasteiger partial charge >= 0.3 is 5.97 Å². The molecule has 0 radical (unpaired) electrons. The molecule has 0 aliphatic heterocycles. The summed E-state index contributed by atoms with van der Waals surface area (Å²) in [5.74, 6) is -0.986. The summed E-state index contributed by atoms with van der Waals surface area (Å²) < 4.78 is 1.66. The minimum absolute atomic E-state index is 0.0697. The Bertz CT molecular complexity index is 751. The Morgan fingerprint density at radius 3 is 2.48 bits per heavy atom. The summed E-state index contributed by atoms with van der Waals surface area (Å²) in [5.41, 5.74) is 1.02. The van der Waals surface area contributed by atoms with E-state index in [9.17, 15) is 14.7 Å². The highest BCUT2D eigenvalue weighted by atomic mass is 16.4. The first kappa shape index (κ1) is 17.1. The Morgan fingerprint density at radius 1 is 1.32 bits per heavy atom. The quantitative estimate of drug-likeness (QED) is 0.871. The molecule has 1 saturated carbocycles. The summed E-state index contributed by atoms with van der Waals surface area (Å²) in [6.07, 6.45) is 5.22. The van der Waals surface area contributed by atoms with Gasteiger partial charge in [0, 0.05) is 13.5 Å². The summed E-state index contributed by atoms with van der Waals surface area (Å²) in [6.45, 7) is 1.94. The Kier molecular flexibility index (Phi) is 4.57. The van der Waals surface area contributed by atoms with Crippen LogP contribution in [0, 0.1) is 5.41 Å². The monoisotopic (exact) mass is 342 g/mol. The van der Waals surface area contributed by atoms with E-state index < -0.39 is 11.4 Å². The van der Waals surface area contributed by atoms with Crippen LogP contribution in [0.1, 0.15) is 44.2 Å². The van der Waals surface area contributed by atoms with Gasteiger partial charge in [0.15, 0.2) is 0 Å². The van der Waals surface area contributed by atoms with Gasteiger partial charge in [-0.1, -0.05) is 18.6 Å². The fourth-order valence-electron chi connectivity index (χ4n) is 3.17. The summed E-state index contributed by atoms with van der Waals surface area (Å²) in [6, 6.07) is 7.60. The minimum atomic E-state index is -0.859. The van der Waals surface area contributed by atoms with Gasteiger partial charge in [0.1, 0.15) is 12.7 Å². The van der Waals surface area contributed by atoms with Crippen LogP contribution < -0.4 is 0 Å². The predicted molar refractivity (Wildman–Crippen MR) is 91.1 cm³/mol. The van der Waals surface area contributed by atoms with Crippen molar-refractivity contribution in [3.8, 4) is 5.69 Å². The van der Waals surface area contributed by atoms with Crippen molar-refractivity contribution in [2.45, 2.75) is 38.6 Å². The van der Waals surface area contributed by atoms with Gasteiger partial charge < -0.3 is 10.0 Å². The van der Waals surface area contributed by atoms with E-state index in [1.165, 1.54) is 6.33 Å². The van der Waals surface area contributed by atoms with Gasteiger partial charge in [0.25, 0.3) is 0 Å². The van der Waals surface area contributed by atoms with Crippen LogP contribution in [-0.2, 0) is 9.59 Å². The zero-order valence-corrected chi connectivity index (χ0v) is 14.4. The summed E-state index contributed by atoms with van der Waals surface area (Å²) in [4.78, 5) is 29.6. The highest BCUT2D eigenvalue weighted by Gasteiger charge is 2.46. The molecular formula is C18H22N4O3. The topological polar surface area (TPSA) is 88.3 Å². The number of benzene rings is 1. The number of amides is 1. The molecule has 1 unspecified atom stereocenters. The molecule has 3 rings (SSSR count). The Hall–Kier alpha value is -2.70. The third kappa shape index (κ3) is 3.26. The molecule has 25 heavy (non-hydrogen) atoms. The largest absolute Gasteiger partial charge is 0.481 e. The van der Waals surface area contributed by atoms with E-state index in [0.29, 0.717) is 12.8 Å². The lowest BCUT2D eigenvalue weighted by Gasteiger charge is -2.38. The smallest absolute Gasteiger partial charge is 0.310 e. The lowest BCUT2D eigenvalue weighted by atomic mass is 9.66. The third-order valence-electron chi connectivity index (χ3n) is 5.29. The number of carbonyl (C=O) groups is 2. The van der Waals surface area contributed by atoms with Crippen molar-refractivity contribution in [2.75, 3.05) is 7.05 Å². The summed E-state index contributed by atoms with van der Waals surface area (Å²) in [7, 11) is 1.73. The number of rotatable bonds is 6. The van der Waals surface area contributed by atoms with Crippen LogP contribution in [0.5, 0.6) is 0 Å². The number of hydrogen-bond donors (Lipinski definition) is 1. The lowest BCUT2D eigenvalue weighted by molar-refractivity contribution is -0.159. The molecule has 1 aromatic heterocycles. The molecule has 1 fully saturated rings. The maximum atomic E-state index is 12.6. The van der Waals surface area contributed by atoms with Gasteiger partial charge in [-0.15, -0.1) is 0 Å². The number of hydrogen-bond acceptors (Lipinski definition) is 4. The number of aromatic nitrogens is 3. The molecule has 0 bridgehead atoms. The molecule has 1 aliphatic rings. The molecule has 7 heteroatoms. The van der Waals surface area contributed by atoms with Crippen molar-refractivity contribution in [2.24, 2.45) is 5.41 Å². The second-order valence-corrected chi connectivity index (χ2v) is 6.73. The van der Waals surface area contributed by atoms with Gasteiger partial charge in [0.05, 0.1) is 17.1 Å². The van der Waals surface area contributed by atoms with Crippen LogP contribution in [0.2, 0.25) is 0 Å². The van der Waals surface area contributed by atoms with E-state index in [4.69, 9.17) is 0 Å². The Labute approximate surface area is 146 Å². The summed E-state index contributed by atoms with van der Waals surface area (Å²) in [5, 5.41) is 13.5. The summed E-state index contributed by atoms with van der Waals surface area (Å²) >= 11 is 0. The number of carboxylic acids is 1. The van der Waals surface area contributed by atoms with E-state index >= 15 is 0 Å². The highest BCUT2D eigenvalue weighted by Crippen LogP contribution is 2.44. The molecule has 132 valence electrons. The molecule has 1 amide bonds. The first-order valence-corrected chi connectivity index (χ1v) is 8.37. The molecule has 1 atom stereocenters. The second-order valence-electron chi connectivity index (χ2n) is 6.73. The van der Waals surface area contributed by atoms with Crippen molar-refractivity contribution in [3.63, 3.8) is 0 Å². The van der Waals surface area contributed by atoms with Gasteiger partial charge in [-0.3, -0.25) is 9.59 Å². The fraction of sp³-hybridized carbons (Fsp3) is 0.444. The van der Waals surface area contributed by atoms with E-state index in [1.807, 2.05) is 31.2 Å². The van der Waals surface area contributed by atoms with E-state index in [0.717, 1.165) is 17.7 Å². The fourth-order valence-corrected chi connectivity index (χ4v) is 3.17. The first-order valence-electron chi connectivity index (χ1n) is 8.37. The van der Waals surface area contributed by atoms with Crippen LogP contribution in [0.4, 0.5) is 0 Å². The van der Waals surface area contributed by atoms with Crippen LogP contribution in [0.25, 0.3) is 5.69 Å². The molecular weight excluding hydrogens is 320 g/mol. The highest BCUT2D eigenvalue weighted by molar-refractivity contribution is 5.85. The Morgan fingerprint density at radius 2 is 2.00 bits per heavy atom. The maximum Gasteiger partial charge on any atom is 0.310 e. The Balaban J connectivity index is 1.68. The predicted octanol–water partition coefficient (Wildman–Crippen LogP) is 2.43. The normalized spacial score (nSPS) is 16.7. The van der Waals surface area contributed by atoms with Crippen molar-refractivity contribution >= 4 is 11.9 Å². The van der Waals surface area contributed by atoms with Gasteiger partial charge in [-0.25, -0.2) is 9.67 Å². The molecule has 2 aromatic rings. The van der Waals surface area contributed by atoms with E-state index in [-0.39, 0.29) is 18.4 Å². The molecule has 1 aliphatic carbocycles. The minimum Gasteiger partial charge on any atom is -0.481 e. The van der Waals surface area contributed by atoms with Crippen molar-refractivity contribution in [3.05, 3.63) is 42.5 Å². The maximum absolute atomic E-state index is 12.6. The first-order chi connectivity index (χ1) is 11.9. The standard InChI is InChI=1S/C18H22N4O3/c1-13(14-4-6-15(7-5-14)22-12-19-11-20-22)21(2)16(23)10-18(17(24)25)8-3-9-18/h4-7,11-13H,3,8-10H2,1-2H3,(H,24,25). The van der Waals surface area contributed by atoms with Gasteiger partial charge in [-0.2, -0.15) is 5.10 Å².